The van der Waals surface area contributed by atoms with E-state index < -0.39 is 5.54 Å². The lowest BCUT2D eigenvalue weighted by molar-refractivity contribution is -0.148. The van der Waals surface area contributed by atoms with Crippen LogP contribution in [-0.2, 0) is 14.3 Å². The lowest BCUT2D eigenvalue weighted by Gasteiger charge is -2.28. The molecule has 19 heavy (non-hydrogen) atoms. The first-order valence-corrected chi connectivity index (χ1v) is 7.22. The van der Waals surface area contributed by atoms with Crippen molar-refractivity contribution in [3.63, 3.8) is 0 Å². The van der Waals surface area contributed by atoms with Crippen LogP contribution in [0.25, 0.3) is 0 Å². The Morgan fingerprint density at radius 2 is 1.79 bits per heavy atom. The van der Waals surface area contributed by atoms with E-state index in [0.29, 0.717) is 0 Å². The van der Waals surface area contributed by atoms with Gasteiger partial charge in [-0.1, -0.05) is 6.92 Å². The molecule has 0 aromatic carbocycles. The summed E-state index contributed by atoms with van der Waals surface area (Å²) in [5.74, 6) is -0.183. The van der Waals surface area contributed by atoms with Crippen LogP contribution in [0.5, 0.6) is 0 Å². The van der Waals surface area contributed by atoms with E-state index in [4.69, 9.17) is 9.47 Å². The Kier molecular flexibility index (Phi) is 8.26. The van der Waals surface area contributed by atoms with E-state index >= 15 is 0 Å². The standard InChI is InChI=1S/C15H31NO3/c1-7-11-16-15(5,13(17)18-6)10-8-9-12-19-14(2,3)4/h16H,7-12H2,1-6H3. The molecule has 0 spiro atoms. The number of unbranched alkanes of at least 4 members (excludes halogenated alkanes) is 1. The molecule has 0 aliphatic heterocycles. The molecule has 0 fully saturated rings. The molecule has 0 aromatic rings. The number of methoxy groups -OCH3 is 1. The molecule has 0 bridgehead atoms. The van der Waals surface area contributed by atoms with E-state index in [-0.39, 0.29) is 11.6 Å². The van der Waals surface area contributed by atoms with Gasteiger partial charge in [0.05, 0.1) is 12.7 Å². The van der Waals surface area contributed by atoms with Crippen LogP contribution < -0.4 is 5.32 Å². The van der Waals surface area contributed by atoms with Crippen LogP contribution in [0.15, 0.2) is 0 Å². The summed E-state index contributed by atoms with van der Waals surface area (Å²) in [5.41, 5.74) is -0.668. The van der Waals surface area contributed by atoms with E-state index in [1.165, 1.54) is 7.11 Å². The predicted molar refractivity (Wildman–Crippen MR) is 78.3 cm³/mol. The number of hydrogen-bond donors (Lipinski definition) is 1. The summed E-state index contributed by atoms with van der Waals surface area (Å²) in [6, 6.07) is 0. The van der Waals surface area contributed by atoms with E-state index in [1.54, 1.807) is 0 Å². The van der Waals surface area contributed by atoms with Gasteiger partial charge >= 0.3 is 5.97 Å². The summed E-state index contributed by atoms with van der Waals surface area (Å²) >= 11 is 0. The Morgan fingerprint density at radius 1 is 1.16 bits per heavy atom. The fourth-order valence-corrected chi connectivity index (χ4v) is 1.85. The van der Waals surface area contributed by atoms with Gasteiger partial charge in [-0.2, -0.15) is 0 Å². The Bertz CT molecular complexity index is 261. The van der Waals surface area contributed by atoms with Crippen molar-refractivity contribution >= 4 is 5.97 Å². The van der Waals surface area contributed by atoms with Gasteiger partial charge in [-0.15, -0.1) is 0 Å². The highest BCUT2D eigenvalue weighted by Crippen LogP contribution is 2.17. The number of carbonyl (C=O) groups is 1. The number of esters is 1. The number of ether oxygens (including phenoxy) is 2. The minimum absolute atomic E-state index is 0.0912. The first-order valence-electron chi connectivity index (χ1n) is 7.22. The fourth-order valence-electron chi connectivity index (χ4n) is 1.85. The first-order chi connectivity index (χ1) is 8.75. The van der Waals surface area contributed by atoms with Crippen molar-refractivity contribution < 1.29 is 14.3 Å². The topological polar surface area (TPSA) is 47.6 Å². The van der Waals surface area contributed by atoms with Crippen molar-refractivity contribution in [2.24, 2.45) is 0 Å². The van der Waals surface area contributed by atoms with E-state index in [1.807, 2.05) is 27.7 Å². The molecule has 4 nitrogen and oxygen atoms in total. The molecule has 1 unspecified atom stereocenters. The quantitative estimate of drug-likeness (QED) is 0.518. The number of carbonyl (C=O) groups excluding carboxylic acids is 1. The fraction of sp³-hybridized carbons (Fsp3) is 0.933. The van der Waals surface area contributed by atoms with Crippen molar-refractivity contribution in [2.45, 2.75) is 71.4 Å². The highest BCUT2D eigenvalue weighted by molar-refractivity contribution is 5.80. The molecule has 0 aliphatic rings. The highest BCUT2D eigenvalue weighted by Gasteiger charge is 2.32. The van der Waals surface area contributed by atoms with Crippen LogP contribution >= 0.6 is 0 Å². The maximum absolute atomic E-state index is 11.8. The minimum Gasteiger partial charge on any atom is -0.468 e. The minimum atomic E-state index is -0.577. The Hall–Kier alpha value is -0.610. The van der Waals surface area contributed by atoms with Crippen molar-refractivity contribution in [1.29, 1.82) is 0 Å². The van der Waals surface area contributed by atoms with Gasteiger partial charge in [0.25, 0.3) is 0 Å². The molecule has 0 radical (unpaired) electrons. The summed E-state index contributed by atoms with van der Waals surface area (Å²) < 4.78 is 10.6. The third-order valence-electron chi connectivity index (χ3n) is 3.01. The monoisotopic (exact) mass is 273 g/mol. The molecule has 114 valence electrons. The third-order valence-corrected chi connectivity index (χ3v) is 3.01. The average molecular weight is 273 g/mol. The predicted octanol–water partition coefficient (Wildman–Crippen LogP) is 2.90. The van der Waals surface area contributed by atoms with Crippen molar-refractivity contribution in [2.75, 3.05) is 20.3 Å². The Balaban J connectivity index is 4.10. The molecular formula is C15H31NO3. The van der Waals surface area contributed by atoms with E-state index in [0.717, 1.165) is 38.8 Å². The van der Waals surface area contributed by atoms with Crippen molar-refractivity contribution in [3.8, 4) is 0 Å². The van der Waals surface area contributed by atoms with Gasteiger partial charge in [0.15, 0.2) is 0 Å². The van der Waals surface area contributed by atoms with E-state index in [9.17, 15) is 4.79 Å². The van der Waals surface area contributed by atoms with E-state index in [2.05, 4.69) is 12.2 Å². The van der Waals surface area contributed by atoms with Crippen LogP contribution in [0.3, 0.4) is 0 Å². The normalized spacial score (nSPS) is 15.1. The molecule has 0 rings (SSSR count). The van der Waals surface area contributed by atoms with Gasteiger partial charge in [0.1, 0.15) is 5.54 Å². The molecule has 0 heterocycles. The van der Waals surface area contributed by atoms with Gasteiger partial charge in [-0.25, -0.2) is 0 Å². The zero-order valence-corrected chi connectivity index (χ0v) is 13.5. The van der Waals surface area contributed by atoms with Crippen molar-refractivity contribution in [1.82, 2.24) is 5.32 Å². The summed E-state index contributed by atoms with van der Waals surface area (Å²) in [5, 5.41) is 3.29. The van der Waals surface area contributed by atoms with Crippen LogP contribution in [0.1, 0.15) is 60.3 Å². The van der Waals surface area contributed by atoms with Crippen LogP contribution in [-0.4, -0.2) is 37.4 Å². The van der Waals surface area contributed by atoms with Crippen LogP contribution in [0.2, 0.25) is 0 Å². The molecule has 0 saturated heterocycles. The lowest BCUT2D eigenvalue weighted by atomic mass is 9.94. The summed E-state index contributed by atoms with van der Waals surface area (Å²) in [7, 11) is 1.44. The molecule has 0 aromatic heterocycles. The number of nitrogens with one attached hydrogen (secondary N) is 1. The van der Waals surface area contributed by atoms with Gasteiger partial charge < -0.3 is 14.8 Å². The lowest BCUT2D eigenvalue weighted by Crippen LogP contribution is -2.50. The summed E-state index contributed by atoms with van der Waals surface area (Å²) in [6.07, 6.45) is 3.67. The second-order valence-corrected chi connectivity index (χ2v) is 6.17. The average Bonchev–Trinajstić information content (AvgIpc) is 2.33. The smallest absolute Gasteiger partial charge is 0.325 e. The molecule has 1 N–H and O–H groups in total. The summed E-state index contributed by atoms with van der Waals surface area (Å²) in [4.78, 5) is 11.8. The second-order valence-electron chi connectivity index (χ2n) is 6.17. The van der Waals surface area contributed by atoms with Gasteiger partial charge in [-0.3, -0.25) is 4.79 Å². The Labute approximate surface area is 118 Å². The van der Waals surface area contributed by atoms with Crippen LogP contribution in [0.4, 0.5) is 0 Å². The maximum Gasteiger partial charge on any atom is 0.325 e. The zero-order chi connectivity index (χ0) is 14.9. The summed E-state index contributed by atoms with van der Waals surface area (Å²) in [6.45, 7) is 11.7. The second kappa shape index (κ2) is 8.54. The van der Waals surface area contributed by atoms with Crippen LogP contribution in [0, 0.1) is 0 Å². The molecule has 0 aliphatic carbocycles. The zero-order valence-electron chi connectivity index (χ0n) is 13.5. The molecular weight excluding hydrogens is 242 g/mol. The highest BCUT2D eigenvalue weighted by atomic mass is 16.5. The number of hydrogen-bond acceptors (Lipinski definition) is 4. The van der Waals surface area contributed by atoms with Crippen molar-refractivity contribution in [3.05, 3.63) is 0 Å². The third kappa shape index (κ3) is 8.22. The molecule has 0 amide bonds. The Morgan fingerprint density at radius 3 is 2.26 bits per heavy atom. The van der Waals surface area contributed by atoms with Gasteiger partial charge in [-0.05, 0) is 59.9 Å². The number of rotatable bonds is 9. The largest absolute Gasteiger partial charge is 0.468 e. The SMILES string of the molecule is CCCNC(C)(CCCCOC(C)(C)C)C(=O)OC. The first kappa shape index (κ1) is 18.4. The maximum atomic E-state index is 11.8. The van der Waals surface area contributed by atoms with Gasteiger partial charge in [0, 0.05) is 6.61 Å². The van der Waals surface area contributed by atoms with Gasteiger partial charge in [0.2, 0.25) is 0 Å². The molecule has 1 atom stereocenters. The molecule has 0 saturated carbocycles. The molecule has 4 heteroatoms.